The Bertz CT molecular complexity index is 1030. The first kappa shape index (κ1) is 24.7. The first-order valence-electron chi connectivity index (χ1n) is 12.5. The third kappa shape index (κ3) is 5.99. The molecule has 1 heterocycles. The average Bonchev–Trinajstić information content (AvgIpc) is 2.89. The SMILES string of the molecule is COc1ccccc1N1CCN(c2ccc(NC(=O)N(C)C)cc2C(=O)NC2CCCCC2)CC1. The fourth-order valence-corrected chi connectivity index (χ4v) is 4.90. The fraction of sp³-hybridized carbons (Fsp3) is 0.481. The maximum Gasteiger partial charge on any atom is 0.321 e. The number of hydrogen-bond acceptors (Lipinski definition) is 5. The summed E-state index contributed by atoms with van der Waals surface area (Å²) in [4.78, 5) is 31.7. The van der Waals surface area contributed by atoms with Gasteiger partial charge in [0, 0.05) is 57.7 Å². The highest BCUT2D eigenvalue weighted by atomic mass is 16.5. The highest BCUT2D eigenvalue weighted by Crippen LogP contribution is 2.31. The molecule has 3 amide bonds. The summed E-state index contributed by atoms with van der Waals surface area (Å²) in [6.07, 6.45) is 5.59. The molecular weight excluding hydrogens is 442 g/mol. The van der Waals surface area contributed by atoms with Gasteiger partial charge in [-0.25, -0.2) is 4.79 Å². The van der Waals surface area contributed by atoms with Gasteiger partial charge in [0.2, 0.25) is 0 Å². The number of benzene rings is 2. The lowest BCUT2D eigenvalue weighted by Gasteiger charge is -2.38. The minimum Gasteiger partial charge on any atom is -0.495 e. The summed E-state index contributed by atoms with van der Waals surface area (Å²) >= 11 is 0. The zero-order valence-corrected chi connectivity index (χ0v) is 21.0. The quantitative estimate of drug-likeness (QED) is 0.650. The maximum atomic E-state index is 13.4. The van der Waals surface area contributed by atoms with Crippen molar-refractivity contribution in [2.45, 2.75) is 38.1 Å². The summed E-state index contributed by atoms with van der Waals surface area (Å²) in [6.45, 7) is 3.21. The van der Waals surface area contributed by atoms with Gasteiger partial charge in [-0.05, 0) is 43.2 Å². The van der Waals surface area contributed by atoms with Gasteiger partial charge in [0.25, 0.3) is 5.91 Å². The van der Waals surface area contributed by atoms with Crippen LogP contribution in [0.1, 0.15) is 42.5 Å². The van der Waals surface area contributed by atoms with E-state index in [-0.39, 0.29) is 18.0 Å². The molecule has 4 rings (SSSR count). The van der Waals surface area contributed by atoms with Gasteiger partial charge in [-0.15, -0.1) is 0 Å². The van der Waals surface area contributed by atoms with E-state index in [4.69, 9.17) is 4.74 Å². The highest BCUT2D eigenvalue weighted by molar-refractivity contribution is 6.02. The Morgan fingerprint density at radius 2 is 1.57 bits per heavy atom. The number of carbonyl (C=O) groups excluding carboxylic acids is 2. The van der Waals surface area contributed by atoms with E-state index in [9.17, 15) is 9.59 Å². The Morgan fingerprint density at radius 3 is 2.23 bits per heavy atom. The molecule has 0 bridgehead atoms. The third-order valence-electron chi connectivity index (χ3n) is 6.89. The van der Waals surface area contributed by atoms with Crippen molar-refractivity contribution < 1.29 is 14.3 Å². The van der Waals surface area contributed by atoms with Crippen molar-refractivity contribution in [2.24, 2.45) is 0 Å². The van der Waals surface area contributed by atoms with Gasteiger partial charge in [-0.2, -0.15) is 0 Å². The van der Waals surface area contributed by atoms with E-state index in [0.717, 1.165) is 69.0 Å². The minimum absolute atomic E-state index is 0.0694. The summed E-state index contributed by atoms with van der Waals surface area (Å²) in [6, 6.07) is 13.7. The normalized spacial score (nSPS) is 16.5. The van der Waals surface area contributed by atoms with Crippen LogP contribution in [0.5, 0.6) is 5.75 Å². The second-order valence-corrected chi connectivity index (χ2v) is 9.51. The molecule has 2 aromatic carbocycles. The average molecular weight is 480 g/mol. The van der Waals surface area contributed by atoms with Gasteiger partial charge >= 0.3 is 6.03 Å². The number of para-hydroxylation sites is 2. The second kappa shape index (κ2) is 11.3. The summed E-state index contributed by atoms with van der Waals surface area (Å²) in [5, 5.41) is 6.13. The number of rotatable bonds is 6. The topological polar surface area (TPSA) is 77.2 Å². The summed E-state index contributed by atoms with van der Waals surface area (Å²) < 4.78 is 5.55. The Morgan fingerprint density at radius 1 is 0.914 bits per heavy atom. The Hall–Kier alpha value is -3.42. The van der Waals surface area contributed by atoms with Gasteiger partial charge in [0.05, 0.1) is 18.4 Å². The number of amides is 3. The van der Waals surface area contributed by atoms with Crippen LogP contribution in [0.2, 0.25) is 0 Å². The molecule has 1 saturated heterocycles. The summed E-state index contributed by atoms with van der Waals surface area (Å²) in [7, 11) is 5.09. The van der Waals surface area contributed by atoms with Crippen LogP contribution in [0.25, 0.3) is 0 Å². The molecule has 1 aliphatic carbocycles. The first-order chi connectivity index (χ1) is 17.0. The van der Waals surface area contributed by atoms with Crippen molar-refractivity contribution in [3.63, 3.8) is 0 Å². The number of methoxy groups -OCH3 is 1. The van der Waals surface area contributed by atoms with Crippen LogP contribution in [0, 0.1) is 0 Å². The molecule has 2 aromatic rings. The standard InChI is InChI=1S/C27H37N5O3/c1-30(2)27(34)29-21-13-14-23(22(19-21)26(33)28-20-9-5-4-6-10-20)31-15-17-32(18-16-31)24-11-7-8-12-25(24)35-3/h7-8,11-14,19-20H,4-6,9-10,15-18H2,1-3H3,(H,28,33)(H,29,34). The largest absolute Gasteiger partial charge is 0.495 e. The molecule has 1 saturated carbocycles. The van der Waals surface area contributed by atoms with E-state index in [0.29, 0.717) is 11.3 Å². The van der Waals surface area contributed by atoms with Crippen molar-refractivity contribution in [2.75, 3.05) is 62.5 Å². The molecular formula is C27H37N5O3. The molecule has 2 aliphatic rings. The second-order valence-electron chi connectivity index (χ2n) is 9.51. The van der Waals surface area contributed by atoms with Crippen LogP contribution in [0.4, 0.5) is 21.9 Å². The van der Waals surface area contributed by atoms with Crippen molar-refractivity contribution >= 4 is 29.0 Å². The monoisotopic (exact) mass is 479 g/mol. The maximum absolute atomic E-state index is 13.4. The predicted octanol–water partition coefficient (Wildman–Crippen LogP) is 4.18. The third-order valence-corrected chi connectivity index (χ3v) is 6.89. The van der Waals surface area contributed by atoms with Crippen molar-refractivity contribution in [3.05, 3.63) is 48.0 Å². The van der Waals surface area contributed by atoms with Crippen LogP contribution in [-0.4, -0.2) is 70.3 Å². The van der Waals surface area contributed by atoms with Crippen LogP contribution >= 0.6 is 0 Å². The van der Waals surface area contributed by atoms with E-state index in [1.54, 1.807) is 21.2 Å². The molecule has 0 aromatic heterocycles. The Kier molecular flexibility index (Phi) is 8.00. The molecule has 2 fully saturated rings. The van der Waals surface area contributed by atoms with Crippen molar-refractivity contribution in [1.29, 1.82) is 0 Å². The van der Waals surface area contributed by atoms with Crippen molar-refractivity contribution in [1.82, 2.24) is 10.2 Å². The van der Waals surface area contributed by atoms with E-state index in [1.807, 2.05) is 36.4 Å². The molecule has 0 atom stereocenters. The van der Waals surface area contributed by atoms with Crippen LogP contribution in [0.15, 0.2) is 42.5 Å². The molecule has 8 heteroatoms. The number of carbonyl (C=O) groups is 2. The van der Waals surface area contributed by atoms with E-state index < -0.39 is 0 Å². The zero-order chi connectivity index (χ0) is 24.8. The number of hydrogen-bond donors (Lipinski definition) is 2. The van der Waals surface area contributed by atoms with Crippen molar-refractivity contribution in [3.8, 4) is 5.75 Å². The number of nitrogens with zero attached hydrogens (tertiary/aromatic N) is 3. The van der Waals surface area contributed by atoms with E-state index >= 15 is 0 Å². The molecule has 0 radical (unpaired) electrons. The molecule has 2 N–H and O–H groups in total. The number of urea groups is 1. The van der Waals surface area contributed by atoms with E-state index in [1.165, 1.54) is 11.3 Å². The highest BCUT2D eigenvalue weighted by Gasteiger charge is 2.25. The van der Waals surface area contributed by atoms with Gasteiger partial charge in [0.1, 0.15) is 5.75 Å². The summed E-state index contributed by atoms with van der Waals surface area (Å²) in [5.41, 5.74) is 3.22. The first-order valence-corrected chi connectivity index (χ1v) is 12.5. The molecule has 8 nitrogen and oxygen atoms in total. The lowest BCUT2D eigenvalue weighted by atomic mass is 9.95. The van der Waals surface area contributed by atoms with Gasteiger partial charge in [0.15, 0.2) is 0 Å². The minimum atomic E-state index is -0.221. The summed E-state index contributed by atoms with van der Waals surface area (Å²) in [5.74, 6) is 0.800. The smallest absolute Gasteiger partial charge is 0.321 e. The lowest BCUT2D eigenvalue weighted by Crippen LogP contribution is -2.47. The fourth-order valence-electron chi connectivity index (χ4n) is 4.90. The van der Waals surface area contributed by atoms with Crippen LogP contribution in [-0.2, 0) is 0 Å². The number of anilines is 3. The van der Waals surface area contributed by atoms with Crippen LogP contribution in [0.3, 0.4) is 0 Å². The van der Waals surface area contributed by atoms with Gasteiger partial charge < -0.3 is 30.1 Å². The Balaban J connectivity index is 1.53. The number of piperazine rings is 1. The molecule has 1 aliphatic heterocycles. The van der Waals surface area contributed by atoms with Gasteiger partial charge in [-0.1, -0.05) is 31.4 Å². The predicted molar refractivity (Wildman–Crippen MR) is 141 cm³/mol. The lowest BCUT2D eigenvalue weighted by molar-refractivity contribution is 0.0928. The van der Waals surface area contributed by atoms with Gasteiger partial charge in [-0.3, -0.25) is 4.79 Å². The number of nitrogens with one attached hydrogen (secondary N) is 2. The van der Waals surface area contributed by atoms with E-state index in [2.05, 4.69) is 26.5 Å². The molecule has 0 spiro atoms. The molecule has 0 unspecified atom stereocenters. The molecule has 188 valence electrons. The zero-order valence-electron chi connectivity index (χ0n) is 21.0. The number of ether oxygens (including phenoxy) is 1. The Labute approximate surface area is 208 Å². The van der Waals surface area contributed by atoms with Crippen LogP contribution < -0.4 is 25.2 Å². The molecule has 35 heavy (non-hydrogen) atoms.